The number of rotatable bonds is 4. The Kier molecular flexibility index (Phi) is 4.36. The third-order valence-corrected chi connectivity index (χ3v) is 2.79. The molecule has 18 heavy (non-hydrogen) atoms. The highest BCUT2D eigenvalue weighted by Crippen LogP contribution is 2.11. The van der Waals surface area contributed by atoms with Crippen LogP contribution in [-0.2, 0) is 11.3 Å². The molecule has 0 unspecified atom stereocenters. The van der Waals surface area contributed by atoms with Gasteiger partial charge in [-0.15, -0.1) is 0 Å². The van der Waals surface area contributed by atoms with E-state index in [0.717, 1.165) is 10.0 Å². The molecule has 0 fully saturated rings. The Hall–Kier alpha value is -1.81. The molecule has 0 saturated heterocycles. The highest BCUT2D eigenvalue weighted by atomic mass is 79.9. The lowest BCUT2D eigenvalue weighted by Crippen LogP contribution is -2.20. The van der Waals surface area contributed by atoms with E-state index in [1.165, 1.54) is 6.08 Å². The third-order valence-electron chi connectivity index (χ3n) is 2.30. The van der Waals surface area contributed by atoms with Gasteiger partial charge in [-0.2, -0.15) is 0 Å². The number of furan rings is 1. The second-order valence-corrected chi connectivity index (χ2v) is 4.61. The highest BCUT2D eigenvalue weighted by Gasteiger charge is 1.98. The second kappa shape index (κ2) is 6.21. The van der Waals surface area contributed by atoms with Crippen LogP contribution >= 0.6 is 15.9 Å². The van der Waals surface area contributed by atoms with Gasteiger partial charge in [0.25, 0.3) is 0 Å². The molecule has 4 heteroatoms. The fourth-order valence-electron chi connectivity index (χ4n) is 1.44. The van der Waals surface area contributed by atoms with Gasteiger partial charge in [-0.3, -0.25) is 4.79 Å². The lowest BCUT2D eigenvalue weighted by atomic mass is 10.2. The minimum atomic E-state index is -0.147. The van der Waals surface area contributed by atoms with Crippen LogP contribution < -0.4 is 5.32 Å². The van der Waals surface area contributed by atoms with Crippen LogP contribution in [0.2, 0.25) is 0 Å². The zero-order valence-corrected chi connectivity index (χ0v) is 11.2. The molecule has 0 bridgehead atoms. The van der Waals surface area contributed by atoms with Crippen LogP contribution in [0.4, 0.5) is 0 Å². The summed E-state index contributed by atoms with van der Waals surface area (Å²) in [7, 11) is 0. The molecule has 0 aliphatic carbocycles. The monoisotopic (exact) mass is 305 g/mol. The summed E-state index contributed by atoms with van der Waals surface area (Å²) in [6.07, 6.45) is 4.66. The number of carbonyl (C=O) groups is 1. The SMILES string of the molecule is O=C(/C=C/c1ccco1)NCc1cccc(Br)c1. The molecule has 92 valence electrons. The lowest BCUT2D eigenvalue weighted by Gasteiger charge is -2.02. The molecule has 3 nitrogen and oxygen atoms in total. The predicted molar refractivity (Wildman–Crippen MR) is 73.7 cm³/mol. The first-order valence-electron chi connectivity index (χ1n) is 5.48. The number of carbonyl (C=O) groups excluding carboxylic acids is 1. The van der Waals surface area contributed by atoms with Gasteiger partial charge in [0.2, 0.25) is 5.91 Å². The summed E-state index contributed by atoms with van der Waals surface area (Å²) in [6, 6.07) is 11.4. The van der Waals surface area contributed by atoms with Gasteiger partial charge in [0.05, 0.1) is 6.26 Å². The van der Waals surface area contributed by atoms with Gasteiger partial charge in [0.15, 0.2) is 0 Å². The lowest BCUT2D eigenvalue weighted by molar-refractivity contribution is -0.116. The van der Waals surface area contributed by atoms with Crippen molar-refractivity contribution in [2.75, 3.05) is 0 Å². The zero-order valence-electron chi connectivity index (χ0n) is 9.60. The second-order valence-electron chi connectivity index (χ2n) is 3.70. The normalized spacial score (nSPS) is 10.7. The Bertz CT molecular complexity index is 547. The Morgan fingerprint density at radius 1 is 1.33 bits per heavy atom. The van der Waals surface area contributed by atoms with E-state index < -0.39 is 0 Å². The first-order chi connectivity index (χ1) is 8.74. The first kappa shape index (κ1) is 12.6. The van der Waals surface area contributed by atoms with E-state index in [2.05, 4.69) is 21.2 Å². The van der Waals surface area contributed by atoms with E-state index in [-0.39, 0.29) is 5.91 Å². The van der Waals surface area contributed by atoms with E-state index >= 15 is 0 Å². The van der Waals surface area contributed by atoms with Crippen molar-refractivity contribution < 1.29 is 9.21 Å². The smallest absolute Gasteiger partial charge is 0.244 e. The maximum Gasteiger partial charge on any atom is 0.244 e. The summed E-state index contributed by atoms with van der Waals surface area (Å²) in [5.41, 5.74) is 1.05. The molecule has 0 saturated carbocycles. The van der Waals surface area contributed by atoms with Crippen molar-refractivity contribution in [1.29, 1.82) is 0 Å². The molecule has 1 aromatic heterocycles. The number of hydrogen-bond acceptors (Lipinski definition) is 2. The van der Waals surface area contributed by atoms with Crippen molar-refractivity contribution in [3.05, 3.63) is 64.5 Å². The zero-order chi connectivity index (χ0) is 12.8. The van der Waals surface area contributed by atoms with Crippen LogP contribution in [0, 0.1) is 0 Å². The molecule has 0 atom stereocenters. The molecule has 0 aliphatic rings. The van der Waals surface area contributed by atoms with Gasteiger partial charge >= 0.3 is 0 Å². The van der Waals surface area contributed by atoms with Gasteiger partial charge in [0, 0.05) is 17.1 Å². The van der Waals surface area contributed by atoms with E-state index in [1.807, 2.05) is 24.3 Å². The molecule has 1 heterocycles. The predicted octanol–water partition coefficient (Wildman–Crippen LogP) is 3.37. The largest absolute Gasteiger partial charge is 0.465 e. The van der Waals surface area contributed by atoms with Gasteiger partial charge in [0.1, 0.15) is 5.76 Å². The average Bonchev–Trinajstić information content (AvgIpc) is 2.87. The van der Waals surface area contributed by atoms with Crippen molar-refractivity contribution >= 4 is 27.9 Å². The maximum atomic E-state index is 11.5. The molecule has 0 spiro atoms. The maximum absolute atomic E-state index is 11.5. The summed E-state index contributed by atoms with van der Waals surface area (Å²) in [5, 5.41) is 2.80. The topological polar surface area (TPSA) is 42.2 Å². The molecule has 1 N–H and O–H groups in total. The summed E-state index contributed by atoms with van der Waals surface area (Å²) in [6.45, 7) is 0.501. The molecule has 2 rings (SSSR count). The van der Waals surface area contributed by atoms with Crippen LogP contribution in [0.5, 0.6) is 0 Å². The van der Waals surface area contributed by atoms with E-state index in [9.17, 15) is 4.79 Å². The van der Waals surface area contributed by atoms with Crippen molar-refractivity contribution in [1.82, 2.24) is 5.32 Å². The number of benzene rings is 1. The Labute approximate surface area is 114 Å². The fourth-order valence-corrected chi connectivity index (χ4v) is 1.89. The minimum Gasteiger partial charge on any atom is -0.465 e. The number of hydrogen-bond donors (Lipinski definition) is 1. The van der Waals surface area contributed by atoms with Gasteiger partial charge < -0.3 is 9.73 Å². The summed E-state index contributed by atoms with van der Waals surface area (Å²) in [4.78, 5) is 11.5. The summed E-state index contributed by atoms with van der Waals surface area (Å²) < 4.78 is 6.09. The van der Waals surface area contributed by atoms with E-state index in [4.69, 9.17) is 4.42 Å². The fraction of sp³-hybridized carbons (Fsp3) is 0.0714. The molecule has 1 amide bonds. The number of amides is 1. The van der Waals surface area contributed by atoms with Gasteiger partial charge in [-0.1, -0.05) is 28.1 Å². The van der Waals surface area contributed by atoms with E-state index in [0.29, 0.717) is 12.3 Å². The summed E-state index contributed by atoms with van der Waals surface area (Å²) in [5.74, 6) is 0.513. The van der Waals surface area contributed by atoms with Crippen LogP contribution in [0.25, 0.3) is 6.08 Å². The van der Waals surface area contributed by atoms with Crippen molar-refractivity contribution in [3.8, 4) is 0 Å². The van der Waals surface area contributed by atoms with E-state index in [1.54, 1.807) is 24.5 Å². The van der Waals surface area contributed by atoms with Crippen LogP contribution in [0.15, 0.2) is 57.6 Å². The molecular formula is C14H12BrNO2. The molecule has 0 aliphatic heterocycles. The molecule has 1 aromatic carbocycles. The Morgan fingerprint density at radius 2 is 2.22 bits per heavy atom. The van der Waals surface area contributed by atoms with Gasteiger partial charge in [-0.25, -0.2) is 0 Å². The number of nitrogens with one attached hydrogen (secondary N) is 1. The third kappa shape index (κ3) is 3.89. The van der Waals surface area contributed by atoms with Crippen molar-refractivity contribution in [3.63, 3.8) is 0 Å². The number of halogens is 1. The van der Waals surface area contributed by atoms with Crippen LogP contribution in [-0.4, -0.2) is 5.91 Å². The first-order valence-corrected chi connectivity index (χ1v) is 6.27. The Balaban J connectivity index is 1.85. The standard InChI is InChI=1S/C14H12BrNO2/c15-12-4-1-3-11(9-12)10-16-14(17)7-6-13-5-2-8-18-13/h1-9H,10H2,(H,16,17)/b7-6+. The van der Waals surface area contributed by atoms with Crippen molar-refractivity contribution in [2.45, 2.75) is 6.54 Å². The highest BCUT2D eigenvalue weighted by molar-refractivity contribution is 9.10. The average molecular weight is 306 g/mol. The van der Waals surface area contributed by atoms with Crippen LogP contribution in [0.3, 0.4) is 0 Å². The quantitative estimate of drug-likeness (QED) is 0.880. The Morgan fingerprint density at radius 3 is 2.94 bits per heavy atom. The summed E-state index contributed by atoms with van der Waals surface area (Å²) >= 11 is 3.39. The molecule has 0 radical (unpaired) electrons. The minimum absolute atomic E-state index is 0.147. The van der Waals surface area contributed by atoms with Crippen LogP contribution in [0.1, 0.15) is 11.3 Å². The van der Waals surface area contributed by atoms with Crippen molar-refractivity contribution in [2.24, 2.45) is 0 Å². The van der Waals surface area contributed by atoms with Gasteiger partial charge in [-0.05, 0) is 35.9 Å². The molecular weight excluding hydrogens is 294 g/mol. The molecule has 2 aromatic rings.